The van der Waals surface area contributed by atoms with E-state index in [0.29, 0.717) is 5.92 Å². The van der Waals surface area contributed by atoms with Crippen LogP contribution < -0.4 is 0 Å². The molecule has 1 nitrogen and oxygen atoms in total. The van der Waals surface area contributed by atoms with Gasteiger partial charge < -0.3 is 4.74 Å². The van der Waals surface area contributed by atoms with Gasteiger partial charge in [0.2, 0.25) is 0 Å². The summed E-state index contributed by atoms with van der Waals surface area (Å²) in [6.45, 7) is 7.67. The zero-order valence-corrected chi connectivity index (χ0v) is 7.88. The molecule has 0 saturated carbocycles. The summed E-state index contributed by atoms with van der Waals surface area (Å²) in [7, 11) is 0. The molecule has 1 unspecified atom stereocenters. The molecular weight excluding hydrogens is 148 g/mol. The first-order valence-corrected chi connectivity index (χ1v) is 4.77. The normalized spacial score (nSPS) is 26.4. The van der Waals surface area contributed by atoms with Crippen LogP contribution in [-0.4, -0.2) is 13.2 Å². The van der Waals surface area contributed by atoms with Crippen molar-refractivity contribution < 1.29 is 4.74 Å². The molecule has 0 aromatic rings. The Morgan fingerprint density at radius 1 is 1.67 bits per heavy atom. The highest BCUT2D eigenvalue weighted by Crippen LogP contribution is 2.21. The van der Waals surface area contributed by atoms with Gasteiger partial charge in [-0.05, 0) is 12.0 Å². The molecule has 1 heteroatoms. The Bertz CT molecular complexity index is 170. The largest absolute Gasteiger partial charge is 0.376 e. The monoisotopic (exact) mass is 166 g/mol. The first-order chi connectivity index (χ1) is 5.88. The third kappa shape index (κ3) is 2.49. The fourth-order valence-electron chi connectivity index (χ4n) is 1.44. The van der Waals surface area contributed by atoms with E-state index < -0.39 is 0 Å². The van der Waals surface area contributed by atoms with Crippen LogP contribution in [0.25, 0.3) is 0 Å². The molecule has 12 heavy (non-hydrogen) atoms. The molecule has 0 aromatic carbocycles. The van der Waals surface area contributed by atoms with Gasteiger partial charge in [-0.2, -0.15) is 0 Å². The van der Waals surface area contributed by atoms with Gasteiger partial charge in [-0.25, -0.2) is 0 Å². The smallest absolute Gasteiger partial charge is 0.0683 e. The van der Waals surface area contributed by atoms with Gasteiger partial charge in [-0.15, -0.1) is 6.58 Å². The summed E-state index contributed by atoms with van der Waals surface area (Å²) < 4.78 is 5.35. The maximum Gasteiger partial charge on any atom is 0.0683 e. The number of hydrogen-bond acceptors (Lipinski definition) is 1. The molecule has 1 heterocycles. The highest BCUT2D eigenvalue weighted by Gasteiger charge is 2.17. The first-order valence-electron chi connectivity index (χ1n) is 4.77. The van der Waals surface area contributed by atoms with E-state index in [1.165, 1.54) is 24.8 Å². The molecule has 0 amide bonds. The Kier molecular flexibility index (Phi) is 4.09. The molecule has 1 atom stereocenters. The topological polar surface area (TPSA) is 9.23 Å². The van der Waals surface area contributed by atoms with Crippen LogP contribution in [0.4, 0.5) is 0 Å². The number of allylic oxidation sites excluding steroid dienone is 1. The molecule has 1 saturated heterocycles. The standard InChI is InChI=1S/C11H18O/c1-3-5-6-7-11-9-12-8-10(11)4-2/h4,7,10H,2-3,5-6,8-9H2,1H3/b11-7+. The van der Waals surface area contributed by atoms with Crippen molar-refractivity contribution in [1.82, 2.24) is 0 Å². The minimum atomic E-state index is 0.488. The molecule has 1 fully saturated rings. The summed E-state index contributed by atoms with van der Waals surface area (Å²) in [6.07, 6.45) is 8.06. The van der Waals surface area contributed by atoms with Crippen LogP contribution in [-0.2, 0) is 4.74 Å². The van der Waals surface area contributed by atoms with Crippen LogP contribution in [0.3, 0.4) is 0 Å². The van der Waals surface area contributed by atoms with Crippen molar-refractivity contribution in [3.63, 3.8) is 0 Å². The highest BCUT2D eigenvalue weighted by molar-refractivity contribution is 5.15. The Morgan fingerprint density at radius 2 is 2.50 bits per heavy atom. The molecule has 0 bridgehead atoms. The molecule has 0 spiro atoms. The second-order valence-electron chi connectivity index (χ2n) is 3.28. The summed E-state index contributed by atoms with van der Waals surface area (Å²) in [6, 6.07) is 0. The van der Waals surface area contributed by atoms with Gasteiger partial charge in [0.05, 0.1) is 13.2 Å². The van der Waals surface area contributed by atoms with Crippen LogP contribution in [0.2, 0.25) is 0 Å². The second-order valence-corrected chi connectivity index (χ2v) is 3.28. The third-order valence-electron chi connectivity index (χ3n) is 2.29. The van der Waals surface area contributed by atoms with Crippen molar-refractivity contribution in [3.8, 4) is 0 Å². The number of rotatable bonds is 4. The Labute approximate surface area is 75.1 Å². The van der Waals surface area contributed by atoms with Crippen molar-refractivity contribution in [1.29, 1.82) is 0 Å². The Hall–Kier alpha value is -0.560. The SMILES string of the molecule is C=CC1COC/C1=C\CCCC. The predicted octanol–water partition coefficient (Wildman–Crippen LogP) is 2.94. The van der Waals surface area contributed by atoms with Crippen LogP contribution in [0.1, 0.15) is 26.2 Å². The fraction of sp³-hybridized carbons (Fsp3) is 0.636. The van der Waals surface area contributed by atoms with E-state index >= 15 is 0 Å². The van der Waals surface area contributed by atoms with E-state index in [2.05, 4.69) is 19.6 Å². The average Bonchev–Trinajstić information content (AvgIpc) is 2.52. The first kappa shape index (κ1) is 9.53. The van der Waals surface area contributed by atoms with E-state index in [-0.39, 0.29) is 0 Å². The van der Waals surface area contributed by atoms with Crippen molar-refractivity contribution in [3.05, 3.63) is 24.3 Å². The molecule has 0 aliphatic carbocycles. The summed E-state index contributed by atoms with van der Waals surface area (Å²) in [4.78, 5) is 0. The fourth-order valence-corrected chi connectivity index (χ4v) is 1.44. The minimum absolute atomic E-state index is 0.488. The molecule has 68 valence electrons. The van der Waals surface area contributed by atoms with E-state index in [1.54, 1.807) is 0 Å². The van der Waals surface area contributed by atoms with Crippen molar-refractivity contribution in [2.24, 2.45) is 5.92 Å². The van der Waals surface area contributed by atoms with E-state index in [9.17, 15) is 0 Å². The number of unbranched alkanes of at least 4 members (excludes halogenated alkanes) is 2. The number of hydrogen-bond donors (Lipinski definition) is 0. The summed E-state index contributed by atoms with van der Waals surface area (Å²) >= 11 is 0. The molecule has 0 aromatic heterocycles. The maximum absolute atomic E-state index is 5.35. The molecule has 0 N–H and O–H groups in total. The molecule has 0 radical (unpaired) electrons. The van der Waals surface area contributed by atoms with Crippen LogP contribution in [0.5, 0.6) is 0 Å². The zero-order chi connectivity index (χ0) is 8.81. The van der Waals surface area contributed by atoms with Crippen LogP contribution >= 0.6 is 0 Å². The molecular formula is C11H18O. The lowest BCUT2D eigenvalue weighted by Crippen LogP contribution is -1.96. The van der Waals surface area contributed by atoms with E-state index in [4.69, 9.17) is 4.74 Å². The zero-order valence-electron chi connectivity index (χ0n) is 7.88. The third-order valence-corrected chi connectivity index (χ3v) is 2.29. The summed E-state index contributed by atoms with van der Waals surface area (Å²) in [5, 5.41) is 0. The van der Waals surface area contributed by atoms with Gasteiger partial charge >= 0.3 is 0 Å². The van der Waals surface area contributed by atoms with Crippen molar-refractivity contribution in [2.45, 2.75) is 26.2 Å². The second kappa shape index (κ2) is 5.15. The van der Waals surface area contributed by atoms with Crippen molar-refractivity contribution >= 4 is 0 Å². The summed E-state index contributed by atoms with van der Waals surface area (Å²) in [5.41, 5.74) is 1.43. The number of ether oxygens (including phenoxy) is 1. The van der Waals surface area contributed by atoms with Gasteiger partial charge in [0.1, 0.15) is 0 Å². The highest BCUT2D eigenvalue weighted by atomic mass is 16.5. The lowest BCUT2D eigenvalue weighted by molar-refractivity contribution is 0.195. The van der Waals surface area contributed by atoms with Gasteiger partial charge in [-0.1, -0.05) is 31.9 Å². The Morgan fingerprint density at radius 3 is 3.17 bits per heavy atom. The average molecular weight is 166 g/mol. The summed E-state index contributed by atoms with van der Waals surface area (Å²) in [5.74, 6) is 0.488. The van der Waals surface area contributed by atoms with Crippen LogP contribution in [0, 0.1) is 5.92 Å². The van der Waals surface area contributed by atoms with Crippen molar-refractivity contribution in [2.75, 3.05) is 13.2 Å². The van der Waals surface area contributed by atoms with Gasteiger partial charge in [0.25, 0.3) is 0 Å². The van der Waals surface area contributed by atoms with Gasteiger partial charge in [-0.3, -0.25) is 0 Å². The predicted molar refractivity (Wildman–Crippen MR) is 52.1 cm³/mol. The lowest BCUT2D eigenvalue weighted by atomic mass is 10.0. The molecule has 1 rings (SSSR count). The molecule has 1 aliphatic rings. The van der Waals surface area contributed by atoms with E-state index in [0.717, 1.165) is 13.2 Å². The molecule has 1 aliphatic heterocycles. The van der Waals surface area contributed by atoms with Crippen LogP contribution in [0.15, 0.2) is 24.3 Å². The maximum atomic E-state index is 5.35. The van der Waals surface area contributed by atoms with Gasteiger partial charge in [0, 0.05) is 5.92 Å². The quantitative estimate of drug-likeness (QED) is 0.461. The van der Waals surface area contributed by atoms with Gasteiger partial charge in [0.15, 0.2) is 0 Å². The Balaban J connectivity index is 2.38. The minimum Gasteiger partial charge on any atom is -0.376 e. The van der Waals surface area contributed by atoms with E-state index in [1.807, 2.05) is 6.08 Å². The lowest BCUT2D eigenvalue weighted by Gasteiger charge is -2.02.